The molecule has 0 aromatic heterocycles. The number of aliphatic carboxylic acids is 1. The van der Waals surface area contributed by atoms with Crippen molar-refractivity contribution in [3.8, 4) is 11.5 Å². The van der Waals surface area contributed by atoms with Crippen LogP contribution in [0.1, 0.15) is 38.2 Å². The monoisotopic (exact) mass is 279 g/mol. The smallest absolute Gasteiger partial charge is 0.304 e. The predicted molar refractivity (Wildman–Crippen MR) is 75.3 cm³/mol. The second-order valence-corrected chi connectivity index (χ2v) is 5.73. The van der Waals surface area contributed by atoms with Gasteiger partial charge in [-0.15, -0.1) is 0 Å². The zero-order valence-electron chi connectivity index (χ0n) is 11.9. The highest BCUT2D eigenvalue weighted by Crippen LogP contribution is 2.36. The van der Waals surface area contributed by atoms with Crippen LogP contribution in [0, 0.1) is 0 Å². The third-order valence-corrected chi connectivity index (χ3v) is 3.45. The van der Waals surface area contributed by atoms with Crippen molar-refractivity contribution in [2.45, 2.75) is 38.1 Å². The zero-order valence-corrected chi connectivity index (χ0v) is 11.9. The maximum absolute atomic E-state index is 11.1. The van der Waals surface area contributed by atoms with Crippen molar-refractivity contribution in [3.05, 3.63) is 23.8 Å². The molecule has 0 saturated carbocycles. The van der Waals surface area contributed by atoms with E-state index in [2.05, 4.69) is 0 Å². The van der Waals surface area contributed by atoms with E-state index in [4.69, 9.17) is 20.3 Å². The number of nitrogens with two attached hydrogens (primary N) is 1. The number of hydrogen-bond acceptors (Lipinski definition) is 4. The fraction of sp³-hybridized carbons (Fsp3) is 0.533. The first-order valence-corrected chi connectivity index (χ1v) is 6.78. The van der Waals surface area contributed by atoms with Crippen LogP contribution in [0.3, 0.4) is 0 Å². The number of fused-ring (bicyclic) bond motifs is 1. The maximum atomic E-state index is 11.1. The number of carboxylic acids is 1. The highest BCUT2D eigenvalue weighted by Gasteiger charge is 2.30. The van der Waals surface area contributed by atoms with Gasteiger partial charge in [0, 0.05) is 17.9 Å². The van der Waals surface area contributed by atoms with Gasteiger partial charge in [0.25, 0.3) is 0 Å². The van der Waals surface area contributed by atoms with E-state index in [-0.39, 0.29) is 12.3 Å². The minimum atomic E-state index is -0.861. The number of rotatable bonds is 4. The summed E-state index contributed by atoms with van der Waals surface area (Å²) >= 11 is 0. The van der Waals surface area contributed by atoms with Gasteiger partial charge in [0.2, 0.25) is 0 Å². The molecule has 1 aliphatic rings. The Morgan fingerprint density at radius 3 is 2.60 bits per heavy atom. The summed E-state index contributed by atoms with van der Waals surface area (Å²) in [4.78, 5) is 11.1. The van der Waals surface area contributed by atoms with Crippen molar-refractivity contribution < 1.29 is 19.4 Å². The standard InChI is InChI=1S/C15H21NO4/c1-15(2,16)11(9-14(17)18)10-4-5-12-13(8-10)20-7-3-6-19-12/h4-5,8,11H,3,6-7,9,16H2,1-2H3,(H,17,18). The van der Waals surface area contributed by atoms with Crippen LogP contribution in [0.5, 0.6) is 11.5 Å². The van der Waals surface area contributed by atoms with E-state index in [0.717, 1.165) is 12.0 Å². The second-order valence-electron chi connectivity index (χ2n) is 5.73. The molecular formula is C15H21NO4. The van der Waals surface area contributed by atoms with E-state index < -0.39 is 11.5 Å². The fourth-order valence-electron chi connectivity index (χ4n) is 2.38. The summed E-state index contributed by atoms with van der Waals surface area (Å²) in [5.41, 5.74) is 6.37. The molecule has 110 valence electrons. The molecule has 0 spiro atoms. The lowest BCUT2D eigenvalue weighted by molar-refractivity contribution is -0.137. The lowest BCUT2D eigenvalue weighted by atomic mass is 9.80. The lowest BCUT2D eigenvalue weighted by Crippen LogP contribution is -2.40. The van der Waals surface area contributed by atoms with Crippen molar-refractivity contribution in [1.29, 1.82) is 0 Å². The number of carboxylic acid groups (broad SMARTS) is 1. The molecule has 2 rings (SSSR count). The van der Waals surface area contributed by atoms with Crippen LogP contribution in [-0.2, 0) is 4.79 Å². The Morgan fingerprint density at radius 2 is 2.00 bits per heavy atom. The quantitative estimate of drug-likeness (QED) is 0.882. The molecule has 20 heavy (non-hydrogen) atoms. The zero-order chi connectivity index (χ0) is 14.8. The van der Waals surface area contributed by atoms with Crippen LogP contribution >= 0.6 is 0 Å². The van der Waals surface area contributed by atoms with Crippen molar-refractivity contribution in [3.63, 3.8) is 0 Å². The van der Waals surface area contributed by atoms with Crippen LogP contribution in [0.15, 0.2) is 18.2 Å². The number of carbonyl (C=O) groups is 1. The first-order chi connectivity index (χ1) is 9.38. The lowest BCUT2D eigenvalue weighted by Gasteiger charge is -2.30. The number of hydrogen-bond donors (Lipinski definition) is 2. The van der Waals surface area contributed by atoms with Gasteiger partial charge in [-0.25, -0.2) is 0 Å². The van der Waals surface area contributed by atoms with Gasteiger partial charge in [-0.3, -0.25) is 4.79 Å². The van der Waals surface area contributed by atoms with Crippen molar-refractivity contribution in [2.24, 2.45) is 5.73 Å². The van der Waals surface area contributed by atoms with E-state index in [0.29, 0.717) is 24.7 Å². The summed E-state index contributed by atoms with van der Waals surface area (Å²) in [5, 5.41) is 9.08. The van der Waals surface area contributed by atoms with Crippen LogP contribution in [0.25, 0.3) is 0 Å². The summed E-state index contributed by atoms with van der Waals surface area (Å²) in [6, 6.07) is 5.55. The highest BCUT2D eigenvalue weighted by molar-refractivity contribution is 5.68. The van der Waals surface area contributed by atoms with Crippen molar-refractivity contribution in [2.75, 3.05) is 13.2 Å². The summed E-state index contributed by atoms with van der Waals surface area (Å²) in [7, 11) is 0. The van der Waals surface area contributed by atoms with Crippen molar-refractivity contribution in [1.82, 2.24) is 0 Å². The maximum Gasteiger partial charge on any atom is 0.304 e. The topological polar surface area (TPSA) is 81.8 Å². The van der Waals surface area contributed by atoms with Gasteiger partial charge in [-0.2, -0.15) is 0 Å². The van der Waals surface area contributed by atoms with Gasteiger partial charge >= 0.3 is 5.97 Å². The van der Waals surface area contributed by atoms with Crippen LogP contribution in [0.4, 0.5) is 0 Å². The molecule has 0 radical (unpaired) electrons. The molecule has 5 nitrogen and oxygen atoms in total. The SMILES string of the molecule is CC(C)(N)C(CC(=O)O)c1ccc2c(c1)OCCCO2. The molecule has 0 fully saturated rings. The third kappa shape index (κ3) is 3.42. The average molecular weight is 279 g/mol. The Kier molecular flexibility index (Phi) is 4.18. The Balaban J connectivity index is 2.34. The first-order valence-electron chi connectivity index (χ1n) is 6.78. The van der Waals surface area contributed by atoms with Gasteiger partial charge < -0.3 is 20.3 Å². The summed E-state index contributed by atoms with van der Waals surface area (Å²) in [5.74, 6) is 0.229. The van der Waals surface area contributed by atoms with E-state index >= 15 is 0 Å². The Morgan fingerprint density at radius 1 is 1.35 bits per heavy atom. The molecule has 0 saturated heterocycles. The van der Waals surface area contributed by atoms with Gasteiger partial charge in [0.05, 0.1) is 19.6 Å². The van der Waals surface area contributed by atoms with Gasteiger partial charge in [-0.1, -0.05) is 6.07 Å². The molecule has 1 unspecified atom stereocenters. The minimum Gasteiger partial charge on any atom is -0.490 e. The van der Waals surface area contributed by atoms with Crippen molar-refractivity contribution >= 4 is 5.97 Å². The first kappa shape index (κ1) is 14.7. The Labute approximate surface area is 118 Å². The molecule has 5 heteroatoms. The van der Waals surface area contributed by atoms with Crippen LogP contribution in [0.2, 0.25) is 0 Å². The van der Waals surface area contributed by atoms with E-state index in [1.54, 1.807) is 0 Å². The third-order valence-electron chi connectivity index (χ3n) is 3.45. The molecule has 1 aliphatic heterocycles. The van der Waals surface area contributed by atoms with Gasteiger partial charge in [0.1, 0.15) is 0 Å². The molecular weight excluding hydrogens is 258 g/mol. The molecule has 1 heterocycles. The summed E-state index contributed by atoms with van der Waals surface area (Å²) < 4.78 is 11.2. The van der Waals surface area contributed by atoms with E-state index in [1.807, 2.05) is 32.0 Å². The minimum absolute atomic E-state index is 0.0108. The fourth-order valence-corrected chi connectivity index (χ4v) is 2.38. The molecule has 3 N–H and O–H groups in total. The molecule has 1 aromatic carbocycles. The second kappa shape index (κ2) is 5.71. The average Bonchev–Trinajstić information content (AvgIpc) is 2.58. The molecule has 1 aromatic rings. The van der Waals surface area contributed by atoms with Crippen LogP contribution in [-0.4, -0.2) is 29.8 Å². The molecule has 1 atom stereocenters. The number of benzene rings is 1. The normalized spacial score (nSPS) is 16.4. The van der Waals surface area contributed by atoms with Gasteiger partial charge in [0.15, 0.2) is 11.5 Å². The molecule has 0 bridgehead atoms. The van der Waals surface area contributed by atoms with Gasteiger partial charge in [-0.05, 0) is 31.5 Å². The molecule has 0 aliphatic carbocycles. The summed E-state index contributed by atoms with van der Waals surface area (Å²) in [6.07, 6.45) is 0.827. The Hall–Kier alpha value is -1.75. The number of ether oxygens (including phenoxy) is 2. The molecule has 0 amide bonds. The summed E-state index contributed by atoms with van der Waals surface area (Å²) in [6.45, 7) is 4.91. The van der Waals surface area contributed by atoms with E-state index in [9.17, 15) is 4.79 Å². The van der Waals surface area contributed by atoms with E-state index in [1.165, 1.54) is 0 Å². The Bertz CT molecular complexity index is 493. The largest absolute Gasteiger partial charge is 0.490 e. The van der Waals surface area contributed by atoms with Crippen LogP contribution < -0.4 is 15.2 Å². The predicted octanol–water partition coefficient (Wildman–Crippen LogP) is 2.14. The highest BCUT2D eigenvalue weighted by atomic mass is 16.5.